The Hall–Kier alpha value is -0.640. The first-order chi connectivity index (χ1) is 7.99. The highest BCUT2D eigenvalue weighted by Crippen LogP contribution is 2.30. The zero-order valence-corrected chi connectivity index (χ0v) is 10.5. The number of ether oxygens (including phenoxy) is 1. The molecule has 2 nitrogen and oxygen atoms in total. The standard InChI is InChI=1S/C13H16ClFO2/c1-13(16,10-4-5-17-8-10)7-9-2-3-11(14)6-12(9)15/h2-3,6,10,16H,4-5,7-8H2,1H3. The fourth-order valence-corrected chi connectivity index (χ4v) is 2.38. The molecule has 4 heteroatoms. The average Bonchev–Trinajstić information content (AvgIpc) is 2.76. The molecule has 1 saturated heterocycles. The summed E-state index contributed by atoms with van der Waals surface area (Å²) in [5.74, 6) is -0.297. The van der Waals surface area contributed by atoms with Gasteiger partial charge < -0.3 is 9.84 Å². The van der Waals surface area contributed by atoms with Crippen LogP contribution in [0.15, 0.2) is 18.2 Å². The summed E-state index contributed by atoms with van der Waals surface area (Å²) >= 11 is 5.69. The van der Waals surface area contributed by atoms with Gasteiger partial charge in [0.25, 0.3) is 0 Å². The first kappa shape index (κ1) is 12.8. The van der Waals surface area contributed by atoms with Crippen LogP contribution in [0, 0.1) is 11.7 Å². The second-order valence-electron chi connectivity index (χ2n) is 4.83. The highest BCUT2D eigenvalue weighted by Gasteiger charge is 2.35. The zero-order valence-electron chi connectivity index (χ0n) is 9.75. The lowest BCUT2D eigenvalue weighted by molar-refractivity contribution is -0.00517. The lowest BCUT2D eigenvalue weighted by Crippen LogP contribution is -2.37. The second kappa shape index (κ2) is 4.92. The maximum absolute atomic E-state index is 13.6. The second-order valence-corrected chi connectivity index (χ2v) is 5.27. The molecule has 2 rings (SSSR count). The van der Waals surface area contributed by atoms with Crippen molar-refractivity contribution in [3.05, 3.63) is 34.6 Å². The molecule has 0 aliphatic carbocycles. The van der Waals surface area contributed by atoms with Gasteiger partial charge in [0.2, 0.25) is 0 Å². The van der Waals surface area contributed by atoms with Crippen molar-refractivity contribution in [1.82, 2.24) is 0 Å². The van der Waals surface area contributed by atoms with Gasteiger partial charge in [0.05, 0.1) is 12.2 Å². The molecule has 0 saturated carbocycles. The molecule has 1 aromatic rings. The van der Waals surface area contributed by atoms with Gasteiger partial charge in [-0.1, -0.05) is 17.7 Å². The Kier molecular flexibility index (Phi) is 3.71. The summed E-state index contributed by atoms with van der Waals surface area (Å²) in [6.45, 7) is 2.95. The van der Waals surface area contributed by atoms with Crippen LogP contribution in [0.2, 0.25) is 5.02 Å². The molecule has 1 aliphatic heterocycles. The van der Waals surface area contributed by atoms with E-state index in [0.717, 1.165) is 6.42 Å². The third kappa shape index (κ3) is 2.97. The van der Waals surface area contributed by atoms with Crippen molar-refractivity contribution in [2.24, 2.45) is 5.92 Å². The lowest BCUT2D eigenvalue weighted by atomic mass is 9.83. The molecule has 0 radical (unpaired) electrons. The van der Waals surface area contributed by atoms with Gasteiger partial charge in [0.1, 0.15) is 5.82 Å². The Morgan fingerprint density at radius 3 is 2.94 bits per heavy atom. The van der Waals surface area contributed by atoms with Crippen molar-refractivity contribution < 1.29 is 14.2 Å². The minimum Gasteiger partial charge on any atom is -0.389 e. The molecular formula is C13H16ClFO2. The van der Waals surface area contributed by atoms with Gasteiger partial charge in [-0.05, 0) is 31.0 Å². The van der Waals surface area contributed by atoms with E-state index in [-0.39, 0.29) is 18.2 Å². The third-order valence-corrected chi connectivity index (χ3v) is 3.61. The predicted molar refractivity (Wildman–Crippen MR) is 64.7 cm³/mol. The van der Waals surface area contributed by atoms with E-state index in [1.165, 1.54) is 6.07 Å². The number of hydrogen-bond acceptors (Lipinski definition) is 2. The van der Waals surface area contributed by atoms with Gasteiger partial charge in [-0.2, -0.15) is 0 Å². The first-order valence-electron chi connectivity index (χ1n) is 5.73. The molecule has 1 aliphatic rings. The lowest BCUT2D eigenvalue weighted by Gasteiger charge is -2.29. The molecule has 0 bridgehead atoms. The van der Waals surface area contributed by atoms with E-state index in [4.69, 9.17) is 16.3 Å². The third-order valence-electron chi connectivity index (χ3n) is 3.37. The predicted octanol–water partition coefficient (Wildman–Crippen LogP) is 2.81. The van der Waals surface area contributed by atoms with Crippen LogP contribution in [0.3, 0.4) is 0 Å². The van der Waals surface area contributed by atoms with Crippen molar-refractivity contribution in [3.63, 3.8) is 0 Å². The Labute approximate surface area is 105 Å². The Balaban J connectivity index is 2.13. The molecule has 1 aromatic carbocycles. The van der Waals surface area contributed by atoms with Crippen molar-refractivity contribution in [2.45, 2.75) is 25.4 Å². The summed E-state index contributed by atoms with van der Waals surface area (Å²) in [6, 6.07) is 4.54. The molecule has 17 heavy (non-hydrogen) atoms. The van der Waals surface area contributed by atoms with Crippen LogP contribution in [0.5, 0.6) is 0 Å². The molecule has 2 atom stereocenters. The van der Waals surface area contributed by atoms with Crippen LogP contribution in [-0.2, 0) is 11.2 Å². The maximum atomic E-state index is 13.6. The van der Waals surface area contributed by atoms with Gasteiger partial charge in [-0.3, -0.25) is 0 Å². The van der Waals surface area contributed by atoms with Gasteiger partial charge >= 0.3 is 0 Å². The van der Waals surface area contributed by atoms with Gasteiger partial charge in [-0.25, -0.2) is 4.39 Å². The minimum atomic E-state index is -0.939. The summed E-state index contributed by atoms with van der Waals surface area (Å²) in [4.78, 5) is 0. The monoisotopic (exact) mass is 258 g/mol. The topological polar surface area (TPSA) is 29.5 Å². The number of aliphatic hydroxyl groups is 1. The van der Waals surface area contributed by atoms with Crippen LogP contribution in [0.4, 0.5) is 4.39 Å². The molecule has 2 unspecified atom stereocenters. The number of halogens is 2. The number of hydrogen-bond donors (Lipinski definition) is 1. The summed E-state index contributed by atoms with van der Waals surface area (Å²) in [5, 5.41) is 10.8. The van der Waals surface area contributed by atoms with Gasteiger partial charge in [0.15, 0.2) is 0 Å². The van der Waals surface area contributed by atoms with E-state index >= 15 is 0 Å². The summed E-state index contributed by atoms with van der Waals surface area (Å²) in [7, 11) is 0. The SMILES string of the molecule is CC(O)(Cc1ccc(Cl)cc1F)C1CCOC1. The number of benzene rings is 1. The van der Waals surface area contributed by atoms with E-state index in [1.807, 2.05) is 0 Å². The van der Waals surface area contributed by atoms with Crippen molar-refractivity contribution in [1.29, 1.82) is 0 Å². The normalized spacial score (nSPS) is 23.6. The number of rotatable bonds is 3. The fourth-order valence-electron chi connectivity index (χ4n) is 2.22. The average molecular weight is 259 g/mol. The quantitative estimate of drug-likeness (QED) is 0.903. The summed E-state index contributed by atoms with van der Waals surface area (Å²) in [6.07, 6.45) is 1.10. The van der Waals surface area contributed by atoms with Crippen LogP contribution < -0.4 is 0 Å². The van der Waals surface area contributed by atoms with E-state index in [9.17, 15) is 9.50 Å². The van der Waals surface area contributed by atoms with Crippen molar-refractivity contribution in [2.75, 3.05) is 13.2 Å². The molecule has 0 spiro atoms. The van der Waals surface area contributed by atoms with E-state index < -0.39 is 5.60 Å². The van der Waals surface area contributed by atoms with Crippen LogP contribution >= 0.6 is 11.6 Å². The highest BCUT2D eigenvalue weighted by atomic mass is 35.5. The molecule has 1 fully saturated rings. The molecule has 94 valence electrons. The van der Waals surface area contributed by atoms with Crippen LogP contribution in [-0.4, -0.2) is 23.9 Å². The van der Waals surface area contributed by atoms with E-state index in [2.05, 4.69) is 0 Å². The van der Waals surface area contributed by atoms with Gasteiger partial charge in [-0.15, -0.1) is 0 Å². The largest absolute Gasteiger partial charge is 0.389 e. The fraction of sp³-hybridized carbons (Fsp3) is 0.538. The van der Waals surface area contributed by atoms with Crippen molar-refractivity contribution in [3.8, 4) is 0 Å². The zero-order chi connectivity index (χ0) is 12.5. The van der Waals surface area contributed by atoms with Crippen molar-refractivity contribution >= 4 is 11.6 Å². The molecule has 0 aromatic heterocycles. The minimum absolute atomic E-state index is 0.0672. The van der Waals surface area contributed by atoms with Gasteiger partial charge in [0, 0.05) is 24.0 Å². The molecule has 0 amide bonds. The highest BCUT2D eigenvalue weighted by molar-refractivity contribution is 6.30. The molecular weight excluding hydrogens is 243 g/mol. The van der Waals surface area contributed by atoms with E-state index in [0.29, 0.717) is 23.8 Å². The maximum Gasteiger partial charge on any atom is 0.127 e. The van der Waals surface area contributed by atoms with Crippen LogP contribution in [0.1, 0.15) is 18.9 Å². The Bertz CT molecular complexity index is 400. The smallest absolute Gasteiger partial charge is 0.127 e. The Morgan fingerprint density at radius 2 is 2.35 bits per heavy atom. The summed E-state index contributed by atoms with van der Waals surface area (Å²) in [5.41, 5.74) is -0.447. The Morgan fingerprint density at radius 1 is 1.59 bits per heavy atom. The van der Waals surface area contributed by atoms with E-state index in [1.54, 1.807) is 19.1 Å². The summed E-state index contributed by atoms with van der Waals surface area (Å²) < 4.78 is 18.9. The first-order valence-corrected chi connectivity index (χ1v) is 6.11. The molecule has 1 heterocycles. The van der Waals surface area contributed by atoms with Crippen LogP contribution in [0.25, 0.3) is 0 Å². The molecule has 1 N–H and O–H groups in total.